The first-order valence-electron chi connectivity index (χ1n) is 7.87. The lowest BCUT2D eigenvalue weighted by Crippen LogP contribution is -2.06. The first kappa shape index (κ1) is 18.1. The molecule has 3 rings (SSSR count). The van der Waals surface area contributed by atoms with Crippen LogP contribution in [0.25, 0.3) is 11.4 Å². The highest BCUT2D eigenvalue weighted by Gasteiger charge is 2.20. The number of carbonyl (C=O) groups is 1. The first-order chi connectivity index (χ1) is 13.0. The molecule has 0 radical (unpaired) electrons. The minimum atomic E-state index is -0.753. The summed E-state index contributed by atoms with van der Waals surface area (Å²) in [4.78, 5) is 26.7. The van der Waals surface area contributed by atoms with Crippen molar-refractivity contribution in [3.63, 3.8) is 0 Å². The van der Waals surface area contributed by atoms with Crippen molar-refractivity contribution in [2.24, 2.45) is 0 Å². The van der Waals surface area contributed by atoms with E-state index in [1.54, 1.807) is 0 Å². The number of aromatic nitrogens is 2. The van der Waals surface area contributed by atoms with E-state index >= 15 is 0 Å². The zero-order chi connectivity index (χ0) is 19.4. The van der Waals surface area contributed by atoms with E-state index in [2.05, 4.69) is 10.1 Å². The minimum absolute atomic E-state index is 0.0149. The van der Waals surface area contributed by atoms with Gasteiger partial charge in [-0.1, -0.05) is 29.4 Å². The van der Waals surface area contributed by atoms with E-state index in [9.17, 15) is 14.9 Å². The molecular weight excluding hydrogens is 354 g/mol. The molecule has 0 N–H and O–H groups in total. The Kier molecular flexibility index (Phi) is 5.11. The van der Waals surface area contributed by atoms with Gasteiger partial charge in [-0.25, -0.2) is 4.79 Å². The minimum Gasteiger partial charge on any atom is -0.490 e. The Morgan fingerprint density at radius 3 is 2.74 bits per heavy atom. The van der Waals surface area contributed by atoms with E-state index in [1.165, 1.54) is 19.2 Å². The quantitative estimate of drug-likeness (QED) is 0.369. The van der Waals surface area contributed by atoms with Crippen LogP contribution >= 0.6 is 0 Å². The van der Waals surface area contributed by atoms with Crippen LogP contribution < -0.4 is 4.74 Å². The fraction of sp³-hybridized carbons (Fsp3) is 0.167. The van der Waals surface area contributed by atoms with Crippen molar-refractivity contribution in [1.29, 1.82) is 0 Å². The van der Waals surface area contributed by atoms with Gasteiger partial charge in [0, 0.05) is 11.6 Å². The molecule has 0 amide bonds. The molecule has 0 aliphatic heterocycles. The number of methoxy groups -OCH3 is 1. The third-order valence-electron chi connectivity index (χ3n) is 3.79. The van der Waals surface area contributed by atoms with Crippen LogP contribution in [-0.4, -0.2) is 28.1 Å². The third-order valence-corrected chi connectivity index (χ3v) is 3.79. The topological polar surface area (TPSA) is 118 Å². The van der Waals surface area contributed by atoms with Gasteiger partial charge in [-0.3, -0.25) is 10.1 Å². The van der Waals surface area contributed by atoms with Crippen LogP contribution in [0, 0.1) is 17.0 Å². The number of carbonyl (C=O) groups excluding carboxylic acids is 1. The molecule has 0 saturated heterocycles. The Morgan fingerprint density at radius 1 is 1.26 bits per heavy atom. The van der Waals surface area contributed by atoms with E-state index < -0.39 is 10.9 Å². The molecule has 9 nitrogen and oxygen atoms in total. The summed E-state index contributed by atoms with van der Waals surface area (Å²) in [6.45, 7) is 1.67. The van der Waals surface area contributed by atoms with Crippen LogP contribution in [0.3, 0.4) is 0 Å². The number of hydrogen-bond acceptors (Lipinski definition) is 8. The molecule has 3 aromatic rings. The van der Waals surface area contributed by atoms with Gasteiger partial charge in [0.25, 0.3) is 5.89 Å². The number of nitro groups is 1. The van der Waals surface area contributed by atoms with Gasteiger partial charge >= 0.3 is 11.7 Å². The van der Waals surface area contributed by atoms with Crippen molar-refractivity contribution in [3.05, 3.63) is 69.6 Å². The van der Waals surface area contributed by atoms with Gasteiger partial charge < -0.3 is 14.0 Å². The van der Waals surface area contributed by atoms with Crippen molar-refractivity contribution in [2.45, 2.75) is 13.5 Å². The van der Waals surface area contributed by atoms with Crippen LogP contribution in [-0.2, 0) is 11.3 Å². The van der Waals surface area contributed by atoms with E-state index in [0.717, 1.165) is 17.2 Å². The molecule has 0 aliphatic rings. The number of benzene rings is 2. The van der Waals surface area contributed by atoms with Crippen molar-refractivity contribution >= 4 is 11.7 Å². The summed E-state index contributed by atoms with van der Waals surface area (Å²) in [6.07, 6.45) is 0. The molecule has 1 heterocycles. The van der Waals surface area contributed by atoms with Crippen molar-refractivity contribution in [2.75, 3.05) is 7.11 Å². The summed E-state index contributed by atoms with van der Waals surface area (Å²) in [5.74, 6) is -0.198. The van der Waals surface area contributed by atoms with Gasteiger partial charge in [0.15, 0.2) is 12.4 Å². The Balaban J connectivity index is 1.71. The van der Waals surface area contributed by atoms with Gasteiger partial charge in [0.05, 0.1) is 17.6 Å². The highest BCUT2D eigenvalue weighted by molar-refractivity contribution is 5.90. The predicted octanol–water partition coefficient (Wildman–Crippen LogP) is 3.32. The molecule has 0 aliphatic carbocycles. The average molecular weight is 369 g/mol. The molecule has 1 aromatic heterocycles. The molecule has 0 fully saturated rings. The summed E-state index contributed by atoms with van der Waals surface area (Å²) in [5, 5.41) is 14.9. The molecule has 0 unspecified atom stereocenters. The summed E-state index contributed by atoms with van der Waals surface area (Å²) in [7, 11) is 1.31. The molecule has 0 saturated carbocycles. The smallest absolute Gasteiger partial charge is 0.338 e. The molecule has 2 aromatic carbocycles. The average Bonchev–Trinajstić information content (AvgIpc) is 3.14. The monoisotopic (exact) mass is 369 g/mol. The van der Waals surface area contributed by atoms with E-state index in [4.69, 9.17) is 14.0 Å². The van der Waals surface area contributed by atoms with Gasteiger partial charge in [0.2, 0.25) is 5.82 Å². The lowest BCUT2D eigenvalue weighted by Gasteiger charge is -2.04. The summed E-state index contributed by atoms with van der Waals surface area (Å²) < 4.78 is 15.1. The second-order valence-electron chi connectivity index (χ2n) is 5.55. The lowest BCUT2D eigenvalue weighted by molar-refractivity contribution is -0.385. The van der Waals surface area contributed by atoms with Crippen molar-refractivity contribution < 1.29 is 23.7 Å². The number of aryl methyl sites for hydroxylation is 1. The maximum Gasteiger partial charge on any atom is 0.338 e. The van der Waals surface area contributed by atoms with Crippen LogP contribution in [0.5, 0.6) is 5.75 Å². The van der Waals surface area contributed by atoms with Gasteiger partial charge in [-0.15, -0.1) is 0 Å². The maximum atomic E-state index is 12.1. The maximum absolute atomic E-state index is 12.1. The summed E-state index contributed by atoms with van der Waals surface area (Å²) in [5.41, 5.74) is 1.48. The molecule has 9 heteroatoms. The number of hydrogen-bond donors (Lipinski definition) is 0. The van der Waals surface area contributed by atoms with Crippen molar-refractivity contribution in [1.82, 2.24) is 10.1 Å². The number of esters is 1. The second-order valence-corrected chi connectivity index (χ2v) is 5.55. The van der Waals surface area contributed by atoms with Gasteiger partial charge in [-0.05, 0) is 24.6 Å². The van der Waals surface area contributed by atoms with Crippen LogP contribution in [0.4, 0.5) is 5.69 Å². The Bertz CT molecular complexity index is 998. The molecule has 0 bridgehead atoms. The van der Waals surface area contributed by atoms with Crippen LogP contribution in [0.2, 0.25) is 0 Å². The van der Waals surface area contributed by atoms with Gasteiger partial charge in [-0.2, -0.15) is 4.98 Å². The molecule has 138 valence electrons. The van der Waals surface area contributed by atoms with Gasteiger partial charge in [0.1, 0.15) is 0 Å². The summed E-state index contributed by atoms with van der Waals surface area (Å²) in [6, 6.07) is 11.3. The Labute approximate surface area is 153 Å². The number of rotatable bonds is 6. The highest BCUT2D eigenvalue weighted by atomic mass is 16.6. The first-order valence-corrected chi connectivity index (χ1v) is 7.87. The lowest BCUT2D eigenvalue weighted by atomic mass is 10.1. The number of nitrogens with zero attached hydrogens (tertiary/aromatic N) is 3. The fourth-order valence-electron chi connectivity index (χ4n) is 2.42. The SMILES string of the molecule is COc1ccc(C(=O)OCc2nc(-c3ccccc3C)no2)cc1[N+](=O)[O-]. The highest BCUT2D eigenvalue weighted by Crippen LogP contribution is 2.28. The zero-order valence-corrected chi connectivity index (χ0v) is 14.5. The fourth-order valence-corrected chi connectivity index (χ4v) is 2.42. The largest absolute Gasteiger partial charge is 0.490 e. The predicted molar refractivity (Wildman–Crippen MR) is 93.2 cm³/mol. The van der Waals surface area contributed by atoms with Crippen molar-refractivity contribution in [3.8, 4) is 17.1 Å². The normalized spacial score (nSPS) is 10.4. The van der Waals surface area contributed by atoms with E-state index in [-0.39, 0.29) is 29.5 Å². The molecular formula is C18H15N3O6. The number of ether oxygens (including phenoxy) is 2. The Hall–Kier alpha value is -3.75. The van der Waals surface area contributed by atoms with E-state index in [1.807, 2.05) is 31.2 Å². The standard InChI is InChI=1S/C18H15N3O6/c1-11-5-3-4-6-13(11)17-19-16(27-20-17)10-26-18(22)12-7-8-15(25-2)14(9-12)21(23)24/h3-9H,10H2,1-2H3. The van der Waals surface area contributed by atoms with Crippen LogP contribution in [0.15, 0.2) is 47.0 Å². The van der Waals surface area contributed by atoms with E-state index in [0.29, 0.717) is 5.82 Å². The molecule has 0 atom stereocenters. The molecule has 27 heavy (non-hydrogen) atoms. The Morgan fingerprint density at radius 2 is 2.04 bits per heavy atom. The van der Waals surface area contributed by atoms with Crippen LogP contribution in [0.1, 0.15) is 21.8 Å². The second kappa shape index (κ2) is 7.65. The number of nitro benzene ring substituents is 1. The zero-order valence-electron chi connectivity index (χ0n) is 14.5. The molecule has 0 spiro atoms. The summed E-state index contributed by atoms with van der Waals surface area (Å²) >= 11 is 0. The third kappa shape index (κ3) is 3.92.